The summed E-state index contributed by atoms with van der Waals surface area (Å²) in [6, 6.07) is 37.1. The Kier molecular flexibility index (Phi) is 13.6. The van der Waals surface area contributed by atoms with E-state index in [0.717, 1.165) is 44.7 Å². The van der Waals surface area contributed by atoms with Crippen molar-refractivity contribution in [3.05, 3.63) is 131 Å². The number of rotatable bonds is 18. The van der Waals surface area contributed by atoms with Gasteiger partial charge in [0.2, 0.25) is 0 Å². The predicted molar refractivity (Wildman–Crippen MR) is 213 cm³/mol. The van der Waals surface area contributed by atoms with E-state index in [4.69, 9.17) is 18.9 Å². The highest BCUT2D eigenvalue weighted by Gasteiger charge is 2.34. The van der Waals surface area contributed by atoms with Crippen LogP contribution < -0.4 is 14.2 Å². The van der Waals surface area contributed by atoms with Crippen LogP contribution in [0.1, 0.15) is 67.2 Å². The maximum Gasteiger partial charge on any atom is 0.262 e. The summed E-state index contributed by atoms with van der Waals surface area (Å²) in [6.45, 7) is 2.49. The van der Waals surface area contributed by atoms with Crippen LogP contribution in [0.25, 0.3) is 22.3 Å². The van der Waals surface area contributed by atoms with Crippen LogP contribution in [0.15, 0.2) is 109 Å². The number of hydrogen-bond acceptors (Lipinski definition) is 7. The molecular weight excluding hydrogens is 680 g/mol. The summed E-state index contributed by atoms with van der Waals surface area (Å²) >= 11 is 0. The minimum absolute atomic E-state index is 0.0775. The first-order chi connectivity index (χ1) is 26.5. The summed E-state index contributed by atoms with van der Waals surface area (Å²) in [5, 5.41) is 38.6. The molecule has 1 atom stereocenters. The van der Waals surface area contributed by atoms with Gasteiger partial charge >= 0.3 is 0 Å². The number of benzene rings is 5. The Labute approximate surface area is 318 Å². The summed E-state index contributed by atoms with van der Waals surface area (Å²) in [6.07, 6.45) is 6.26. The predicted octanol–water partition coefficient (Wildman–Crippen LogP) is 7.77. The van der Waals surface area contributed by atoms with Crippen LogP contribution in [0.2, 0.25) is 0 Å². The molecule has 1 aliphatic carbocycles. The van der Waals surface area contributed by atoms with E-state index in [1.165, 1.54) is 37.7 Å². The van der Waals surface area contributed by atoms with E-state index < -0.39 is 5.41 Å². The molecule has 6 rings (SSSR count). The molecule has 8 heteroatoms. The fraction of sp³-hybridized carbons (Fsp3) is 0.348. The van der Waals surface area contributed by atoms with Crippen molar-refractivity contribution in [3.63, 3.8) is 0 Å². The summed E-state index contributed by atoms with van der Waals surface area (Å²) in [5.41, 5.74) is 7.11. The lowest BCUT2D eigenvalue weighted by Crippen LogP contribution is -2.26. The molecule has 0 aliphatic heterocycles. The van der Waals surface area contributed by atoms with Crippen molar-refractivity contribution >= 4 is 0 Å². The van der Waals surface area contributed by atoms with Gasteiger partial charge in [-0.15, -0.1) is 0 Å². The first-order valence-electron chi connectivity index (χ1n) is 19.1. The normalized spacial score (nSPS) is 14.3. The molecule has 5 N–H and O–H groups in total. The third kappa shape index (κ3) is 8.74. The van der Waals surface area contributed by atoms with Crippen molar-refractivity contribution in [1.29, 1.82) is 0 Å². The average molecular weight is 734 g/mol. The molecule has 1 saturated carbocycles. The molecule has 0 spiro atoms. The number of aliphatic hydroxyl groups is 5. The summed E-state index contributed by atoms with van der Waals surface area (Å²) in [7, 11) is 0. The van der Waals surface area contributed by atoms with E-state index in [0.29, 0.717) is 23.2 Å². The highest BCUT2D eigenvalue weighted by atomic mass is 16.5. The van der Waals surface area contributed by atoms with Gasteiger partial charge in [0, 0.05) is 28.2 Å². The van der Waals surface area contributed by atoms with E-state index in [-0.39, 0.29) is 52.9 Å². The lowest BCUT2D eigenvalue weighted by molar-refractivity contribution is 0.0365. The van der Waals surface area contributed by atoms with Crippen LogP contribution >= 0.6 is 0 Å². The van der Waals surface area contributed by atoms with Crippen molar-refractivity contribution in [3.8, 4) is 45.3 Å². The summed E-state index contributed by atoms with van der Waals surface area (Å²) in [5.74, 6) is 3.16. The average Bonchev–Trinajstić information content (AvgIpc) is 3.23. The zero-order valence-corrected chi connectivity index (χ0v) is 31.1. The standard InChI is InChI=1S/C46H52O8/c1-46(35-17-15-34(16-18-35)33-9-3-2-4-10-33,36-19-21-44(53-29-25-49)40(31-36)38-11-5-7-13-42(38)51-27-23-47)37-20-22-45(54-30-26-50)41(32-37)39-12-6-8-14-43(39)52-28-24-48/h5-8,11-22,31-33,47-50H,2-4,9-10,23-30H2,1H3/p+1. The fourth-order valence-corrected chi connectivity index (χ4v) is 7.67. The van der Waals surface area contributed by atoms with Crippen LogP contribution in [-0.2, 0) is 5.41 Å². The molecule has 284 valence electrons. The third-order valence-electron chi connectivity index (χ3n) is 10.5. The first-order valence-corrected chi connectivity index (χ1v) is 19.1. The van der Waals surface area contributed by atoms with Crippen molar-refractivity contribution < 1.29 is 39.4 Å². The monoisotopic (exact) mass is 733 g/mol. The summed E-state index contributed by atoms with van der Waals surface area (Å²) < 4.78 is 22.9. The van der Waals surface area contributed by atoms with E-state index in [2.05, 4.69) is 55.5 Å². The molecule has 5 aromatic carbocycles. The van der Waals surface area contributed by atoms with Crippen molar-refractivity contribution in [2.75, 3.05) is 52.9 Å². The molecule has 54 heavy (non-hydrogen) atoms. The quantitative estimate of drug-likeness (QED) is 0.0537. The smallest absolute Gasteiger partial charge is 0.262 e. The van der Waals surface area contributed by atoms with Crippen LogP contribution in [0.5, 0.6) is 23.0 Å². The fourth-order valence-electron chi connectivity index (χ4n) is 7.67. The molecule has 1 aliphatic rings. The Balaban J connectivity index is 1.57. The maximum atomic E-state index is 9.73. The number of hydrogen-bond donors (Lipinski definition) is 4. The Hall–Kier alpha value is -4.86. The maximum absolute atomic E-state index is 9.73. The SMILES string of the molecule is CC(c1ccc(C2CCCCC2)cc1)(c1ccc(OCCO)c(-c2ccccc2OCCO)c1)c1ccc([OH+]CCO)c(-c2ccccc2OCCO)c1. The van der Waals surface area contributed by atoms with Gasteiger partial charge in [-0.1, -0.05) is 86.0 Å². The summed E-state index contributed by atoms with van der Waals surface area (Å²) in [4.78, 5) is 0. The van der Waals surface area contributed by atoms with Gasteiger partial charge in [0.15, 0.2) is 6.61 Å². The largest absolute Gasteiger partial charge is 0.581 e. The van der Waals surface area contributed by atoms with Gasteiger partial charge in [-0.05, 0) is 84.3 Å². The van der Waals surface area contributed by atoms with Gasteiger partial charge < -0.3 is 39.4 Å². The van der Waals surface area contributed by atoms with Gasteiger partial charge in [0.1, 0.15) is 43.7 Å². The zero-order valence-electron chi connectivity index (χ0n) is 31.1. The minimum atomic E-state index is -0.693. The number of aromatic hydroxyl groups is 1. The van der Waals surface area contributed by atoms with Gasteiger partial charge in [-0.3, -0.25) is 0 Å². The number of para-hydroxylation sites is 2. The third-order valence-corrected chi connectivity index (χ3v) is 10.5. The van der Waals surface area contributed by atoms with E-state index in [1.54, 1.807) is 0 Å². The zero-order chi connectivity index (χ0) is 37.8. The first kappa shape index (κ1) is 38.9. The Bertz CT molecular complexity index is 1830. The number of aliphatic hydroxyl groups excluding tert-OH is 4. The Morgan fingerprint density at radius 3 is 1.61 bits per heavy atom. The second-order valence-electron chi connectivity index (χ2n) is 13.8. The molecule has 0 amide bonds. The van der Waals surface area contributed by atoms with Gasteiger partial charge in [0.05, 0.1) is 25.4 Å². The van der Waals surface area contributed by atoms with Crippen LogP contribution in [0, 0.1) is 0 Å². The minimum Gasteiger partial charge on any atom is -0.581 e. The van der Waals surface area contributed by atoms with Gasteiger partial charge in [0.25, 0.3) is 5.75 Å². The molecule has 0 heterocycles. The molecule has 1 unspecified atom stereocenters. The highest BCUT2D eigenvalue weighted by molar-refractivity contribution is 5.79. The number of ether oxygens (including phenoxy) is 4. The van der Waals surface area contributed by atoms with Crippen LogP contribution in [0.4, 0.5) is 0 Å². The second kappa shape index (κ2) is 18.9. The van der Waals surface area contributed by atoms with Gasteiger partial charge in [-0.2, -0.15) is 0 Å². The molecule has 8 nitrogen and oxygen atoms in total. The lowest BCUT2D eigenvalue weighted by Gasteiger charge is -2.34. The van der Waals surface area contributed by atoms with Crippen molar-refractivity contribution in [2.45, 2.75) is 50.4 Å². The molecule has 0 radical (unpaired) electrons. The van der Waals surface area contributed by atoms with Crippen LogP contribution in [0.3, 0.4) is 0 Å². The van der Waals surface area contributed by atoms with Crippen molar-refractivity contribution in [1.82, 2.24) is 0 Å². The van der Waals surface area contributed by atoms with Crippen molar-refractivity contribution in [2.24, 2.45) is 0 Å². The molecule has 5 aromatic rings. The molecule has 1 fully saturated rings. The van der Waals surface area contributed by atoms with E-state index in [1.807, 2.05) is 60.7 Å². The molecule has 0 bridgehead atoms. The molecule has 0 aromatic heterocycles. The lowest BCUT2D eigenvalue weighted by atomic mass is 9.69. The second-order valence-corrected chi connectivity index (χ2v) is 13.8. The van der Waals surface area contributed by atoms with E-state index >= 15 is 0 Å². The van der Waals surface area contributed by atoms with Crippen LogP contribution in [-0.4, -0.2) is 78.0 Å². The highest BCUT2D eigenvalue weighted by Crippen LogP contribution is 2.47. The Morgan fingerprint density at radius 2 is 1.04 bits per heavy atom. The molecule has 0 saturated heterocycles. The Morgan fingerprint density at radius 1 is 0.537 bits per heavy atom. The molecular formula is C46H53O8+. The van der Waals surface area contributed by atoms with E-state index in [9.17, 15) is 20.4 Å². The van der Waals surface area contributed by atoms with Gasteiger partial charge in [-0.25, -0.2) is 0 Å². The topological polar surface area (TPSA) is 121 Å².